The van der Waals surface area contributed by atoms with Crippen LogP contribution in [0, 0.1) is 0 Å². The van der Waals surface area contributed by atoms with Crippen LogP contribution in [0.5, 0.6) is 0 Å². The van der Waals surface area contributed by atoms with Crippen molar-refractivity contribution in [1.82, 2.24) is 14.5 Å². The van der Waals surface area contributed by atoms with Gasteiger partial charge in [-0.2, -0.15) is 13.2 Å². The van der Waals surface area contributed by atoms with Crippen LogP contribution in [-0.4, -0.2) is 39.2 Å². The van der Waals surface area contributed by atoms with Crippen molar-refractivity contribution in [1.29, 1.82) is 0 Å². The Morgan fingerprint density at radius 2 is 1.79 bits per heavy atom. The summed E-state index contributed by atoms with van der Waals surface area (Å²) in [4.78, 5) is 36.9. The van der Waals surface area contributed by atoms with Gasteiger partial charge in [-0.05, 0) is 42.7 Å². The van der Waals surface area contributed by atoms with Crippen molar-refractivity contribution < 1.29 is 22.8 Å². The molecule has 0 spiro atoms. The Balaban J connectivity index is 1.18. The molecule has 0 saturated carbocycles. The molecule has 2 aromatic heterocycles. The number of carbonyl (C=O) groups excluding carboxylic acids is 1. The minimum absolute atomic E-state index is 0.115. The maximum absolute atomic E-state index is 13.1. The molecule has 0 bridgehead atoms. The zero-order valence-corrected chi connectivity index (χ0v) is 23.1. The summed E-state index contributed by atoms with van der Waals surface area (Å²) >= 11 is 19.4. The number of rotatable bonds is 5. The van der Waals surface area contributed by atoms with Gasteiger partial charge in [-0.15, -0.1) is 11.3 Å². The van der Waals surface area contributed by atoms with E-state index in [9.17, 15) is 22.8 Å². The lowest BCUT2D eigenvalue weighted by Crippen LogP contribution is -2.41. The number of piperidine rings is 1. The van der Waals surface area contributed by atoms with Crippen LogP contribution < -0.4 is 5.56 Å². The van der Waals surface area contributed by atoms with E-state index in [1.54, 1.807) is 23.1 Å². The van der Waals surface area contributed by atoms with Gasteiger partial charge in [-0.25, -0.2) is 4.98 Å². The molecule has 4 heterocycles. The number of alkyl halides is 3. The van der Waals surface area contributed by atoms with Crippen molar-refractivity contribution >= 4 is 57.8 Å². The number of halogens is 6. The number of carbonyl (C=O) groups is 1. The van der Waals surface area contributed by atoms with Crippen LogP contribution in [0.4, 0.5) is 13.2 Å². The normalized spacial score (nSPS) is 18.3. The largest absolute Gasteiger partial charge is 0.417 e. The predicted octanol–water partition coefficient (Wildman–Crippen LogP) is 6.56. The second kappa shape index (κ2) is 11.1. The Labute approximate surface area is 239 Å². The number of likely N-dealkylation sites (tertiary alicyclic amines) is 1. The minimum atomic E-state index is -4.69. The molecule has 206 valence electrons. The molecule has 1 aromatic carbocycles. The number of hydrogen-bond acceptors (Lipinski definition) is 6. The van der Waals surface area contributed by atoms with Crippen LogP contribution in [0.15, 0.2) is 45.8 Å². The maximum Gasteiger partial charge on any atom is 0.417 e. The first-order valence-electron chi connectivity index (χ1n) is 11.9. The molecule has 3 aromatic rings. The minimum Gasteiger partial charge on any atom is -0.387 e. The van der Waals surface area contributed by atoms with Crippen LogP contribution in [0.3, 0.4) is 0 Å². The molecule has 0 N–H and O–H groups in total. The van der Waals surface area contributed by atoms with Gasteiger partial charge < -0.3 is 14.3 Å². The maximum atomic E-state index is 13.1. The van der Waals surface area contributed by atoms with Crippen LogP contribution in [0.1, 0.15) is 53.1 Å². The monoisotopic (exact) mass is 618 g/mol. The molecular formula is C25H20Cl3F3N4O3S. The SMILES string of the molecule is O=C(Cn1cc(C(F)(F)F)cc(Cl)c1=O)N1CCC(c2nc(C3=NOC(c4cc(Cl)cc(Cl)c4)C3)cs2)CC1. The van der Waals surface area contributed by atoms with Gasteiger partial charge in [0.25, 0.3) is 5.56 Å². The lowest BCUT2D eigenvalue weighted by atomic mass is 9.97. The standard InChI is InChI=1S/C25H20Cl3F3N4O3S/c26-16-5-14(6-17(27)8-16)21-9-19(33-38-21)20-12-39-23(32-20)13-1-3-34(4-2-13)22(36)11-35-10-15(25(29,30)31)7-18(28)24(35)37/h5-8,10,12-13,21H,1-4,9,11H2. The molecule has 0 radical (unpaired) electrons. The molecular weight excluding hydrogens is 600 g/mol. The Morgan fingerprint density at radius 1 is 1.10 bits per heavy atom. The quantitative estimate of drug-likeness (QED) is 0.324. The summed E-state index contributed by atoms with van der Waals surface area (Å²) in [7, 11) is 0. The highest BCUT2D eigenvalue weighted by Gasteiger charge is 2.33. The first-order valence-corrected chi connectivity index (χ1v) is 13.9. The third-order valence-electron chi connectivity index (χ3n) is 6.62. The highest BCUT2D eigenvalue weighted by Crippen LogP contribution is 2.35. The van der Waals surface area contributed by atoms with Gasteiger partial charge in [-0.1, -0.05) is 40.0 Å². The Bertz CT molecular complexity index is 1480. The third-order valence-corrected chi connectivity index (χ3v) is 8.33. The van der Waals surface area contributed by atoms with Crippen LogP contribution >= 0.6 is 46.1 Å². The smallest absolute Gasteiger partial charge is 0.387 e. The summed E-state index contributed by atoms with van der Waals surface area (Å²) < 4.78 is 40.0. The second-order valence-electron chi connectivity index (χ2n) is 9.27. The number of amides is 1. The summed E-state index contributed by atoms with van der Waals surface area (Å²) in [5.74, 6) is -0.334. The molecule has 14 heteroatoms. The molecule has 1 saturated heterocycles. The van der Waals surface area contributed by atoms with Gasteiger partial charge in [0, 0.05) is 47.1 Å². The van der Waals surface area contributed by atoms with Gasteiger partial charge in [0.05, 0.1) is 16.3 Å². The molecule has 1 atom stereocenters. The average Bonchev–Trinajstić information content (AvgIpc) is 3.56. The fourth-order valence-corrected chi connectivity index (χ4v) is 6.34. The number of nitrogens with zero attached hydrogens (tertiary/aromatic N) is 4. The number of pyridine rings is 1. The zero-order chi connectivity index (χ0) is 27.9. The van der Waals surface area contributed by atoms with Crippen molar-refractivity contribution in [3.8, 4) is 0 Å². The number of oxime groups is 1. The van der Waals surface area contributed by atoms with E-state index in [2.05, 4.69) is 5.16 Å². The van der Waals surface area contributed by atoms with Crippen LogP contribution in [0.25, 0.3) is 0 Å². The van der Waals surface area contributed by atoms with E-state index in [0.29, 0.717) is 59.2 Å². The van der Waals surface area contributed by atoms with Gasteiger partial charge in [0.2, 0.25) is 5.91 Å². The third kappa shape index (κ3) is 6.26. The Morgan fingerprint density at radius 3 is 2.46 bits per heavy atom. The van der Waals surface area contributed by atoms with E-state index in [1.165, 1.54) is 11.3 Å². The summed E-state index contributed by atoms with van der Waals surface area (Å²) in [5, 5.41) is 7.48. The van der Waals surface area contributed by atoms with E-state index in [0.717, 1.165) is 22.0 Å². The van der Waals surface area contributed by atoms with E-state index >= 15 is 0 Å². The lowest BCUT2D eigenvalue weighted by Gasteiger charge is -2.31. The van der Waals surface area contributed by atoms with E-state index in [4.69, 9.17) is 44.6 Å². The predicted molar refractivity (Wildman–Crippen MR) is 143 cm³/mol. The molecule has 1 fully saturated rings. The molecule has 1 unspecified atom stereocenters. The molecule has 1 amide bonds. The highest BCUT2D eigenvalue weighted by atomic mass is 35.5. The molecule has 5 rings (SSSR count). The van der Waals surface area contributed by atoms with E-state index in [1.807, 2.05) is 5.38 Å². The first-order chi connectivity index (χ1) is 18.5. The summed E-state index contributed by atoms with van der Waals surface area (Å²) in [6, 6.07) is 5.79. The lowest BCUT2D eigenvalue weighted by molar-refractivity contribution is -0.139. The topological polar surface area (TPSA) is 76.8 Å². The van der Waals surface area contributed by atoms with Crippen LogP contribution in [-0.2, 0) is 22.4 Å². The van der Waals surface area contributed by atoms with Gasteiger partial charge in [0.1, 0.15) is 17.3 Å². The average molecular weight is 620 g/mol. The molecule has 2 aliphatic rings. The van der Waals surface area contributed by atoms with Gasteiger partial charge in [-0.3, -0.25) is 9.59 Å². The number of thiazole rings is 1. The number of aromatic nitrogens is 2. The van der Waals surface area contributed by atoms with Gasteiger partial charge >= 0.3 is 6.18 Å². The van der Waals surface area contributed by atoms with Crippen LogP contribution in [0.2, 0.25) is 15.1 Å². The Hall–Kier alpha value is -2.60. The molecule has 39 heavy (non-hydrogen) atoms. The highest BCUT2D eigenvalue weighted by molar-refractivity contribution is 7.10. The van der Waals surface area contributed by atoms with Crippen molar-refractivity contribution in [2.24, 2.45) is 5.16 Å². The second-order valence-corrected chi connectivity index (χ2v) is 11.4. The van der Waals surface area contributed by atoms with Crippen molar-refractivity contribution in [3.63, 3.8) is 0 Å². The summed E-state index contributed by atoms with van der Waals surface area (Å²) in [5.41, 5.74) is 0.343. The molecule has 7 nitrogen and oxygen atoms in total. The fraction of sp³-hybridized carbons (Fsp3) is 0.360. The molecule has 0 aliphatic carbocycles. The van der Waals surface area contributed by atoms with E-state index < -0.39 is 34.8 Å². The van der Waals surface area contributed by atoms with Crippen molar-refractivity contribution in [2.75, 3.05) is 13.1 Å². The number of benzene rings is 1. The Kier molecular flexibility index (Phi) is 7.96. The first kappa shape index (κ1) is 27.9. The van der Waals surface area contributed by atoms with Crippen molar-refractivity contribution in [3.05, 3.63) is 83.1 Å². The number of hydrogen-bond donors (Lipinski definition) is 0. The van der Waals surface area contributed by atoms with Crippen molar-refractivity contribution in [2.45, 2.75) is 44.0 Å². The van der Waals surface area contributed by atoms with Gasteiger partial charge in [0.15, 0.2) is 6.10 Å². The molecule has 2 aliphatic heterocycles. The van der Waals surface area contributed by atoms with E-state index in [-0.39, 0.29) is 12.0 Å². The summed E-state index contributed by atoms with van der Waals surface area (Å²) in [6.45, 7) is 0.260. The summed E-state index contributed by atoms with van der Waals surface area (Å²) in [6.07, 6.45) is -2.60. The fourth-order valence-electron chi connectivity index (χ4n) is 4.57. The zero-order valence-electron chi connectivity index (χ0n) is 20.1.